The van der Waals surface area contributed by atoms with Crippen LogP contribution in [0.2, 0.25) is 0 Å². The summed E-state index contributed by atoms with van der Waals surface area (Å²) >= 11 is 3.56. The second-order valence-electron chi connectivity index (χ2n) is 5.45. The molecule has 2 atom stereocenters. The van der Waals surface area contributed by atoms with Gasteiger partial charge in [-0.15, -0.1) is 41.3 Å². The smallest absolute Gasteiger partial charge is 0.353 e. The van der Waals surface area contributed by atoms with Crippen molar-refractivity contribution in [2.75, 3.05) is 17.2 Å². The van der Waals surface area contributed by atoms with E-state index in [1.165, 1.54) is 28.9 Å². The molecule has 10 nitrogen and oxygen atoms in total. The molecular weight excluding hydrogens is 426 g/mol. The number of carbonyl (C=O) groups excluding carboxylic acids is 2. The van der Waals surface area contributed by atoms with Crippen molar-refractivity contribution in [1.29, 1.82) is 0 Å². The number of amides is 2. The van der Waals surface area contributed by atoms with E-state index in [1.54, 1.807) is 0 Å². The quantitative estimate of drug-likeness (QED) is 0.157. The first-order chi connectivity index (χ1) is 13.4. The molecule has 0 unspecified atom stereocenters. The summed E-state index contributed by atoms with van der Waals surface area (Å²) in [6.07, 6.45) is 5.22. The van der Waals surface area contributed by atoms with E-state index in [2.05, 4.69) is 21.4 Å². The minimum Gasteiger partial charge on any atom is -0.477 e. The number of oxime groups is 1. The molecule has 5 N–H and O–H groups in total. The number of carboxylic acids is 1. The number of nitrogens with zero attached hydrogens (tertiary/aromatic N) is 3. The summed E-state index contributed by atoms with van der Waals surface area (Å²) in [5, 5.41) is 25.1. The number of rotatable bonds is 6. The number of nitrogens with one attached hydrogen (secondary N) is 1. The van der Waals surface area contributed by atoms with Crippen molar-refractivity contribution in [3.63, 3.8) is 0 Å². The molecular formula is C15H13N5O5S3. The fraction of sp³-hybridized carbons (Fsp3) is 0.267. The second kappa shape index (κ2) is 8.13. The molecule has 1 saturated heterocycles. The van der Waals surface area contributed by atoms with E-state index in [-0.39, 0.29) is 28.0 Å². The number of β-lactam (4-membered cyclic amide) rings is 1. The van der Waals surface area contributed by atoms with Crippen LogP contribution >= 0.6 is 34.9 Å². The Labute approximate surface area is 171 Å². The predicted octanol–water partition coefficient (Wildman–Crippen LogP) is -0.0339. The number of thioether (sulfide) groups is 2. The lowest BCUT2D eigenvalue weighted by molar-refractivity contribution is -0.150. The van der Waals surface area contributed by atoms with Crippen LogP contribution in [0.15, 0.2) is 21.1 Å². The van der Waals surface area contributed by atoms with Gasteiger partial charge >= 0.3 is 5.97 Å². The SMILES string of the molecule is C#CCSC1=C(C(=O)O)N2C(=O)[C@@H](NC(=O)/C(=N\O)c3csc(N)n3)[C@@H]2SC1. The topological polar surface area (TPSA) is 158 Å². The van der Waals surface area contributed by atoms with Gasteiger partial charge in [0.2, 0.25) is 0 Å². The number of aliphatic carboxylic acids is 1. The minimum atomic E-state index is -1.24. The number of fused-ring (bicyclic) bond motifs is 1. The molecule has 28 heavy (non-hydrogen) atoms. The number of carbonyl (C=O) groups is 3. The maximum absolute atomic E-state index is 12.5. The van der Waals surface area contributed by atoms with Crippen LogP contribution in [0.25, 0.3) is 0 Å². The van der Waals surface area contributed by atoms with Crippen LogP contribution in [-0.4, -0.2) is 66.6 Å². The van der Waals surface area contributed by atoms with Gasteiger partial charge < -0.3 is 21.4 Å². The van der Waals surface area contributed by atoms with Crippen molar-refractivity contribution < 1.29 is 24.7 Å². The molecule has 2 aliphatic heterocycles. The zero-order valence-corrected chi connectivity index (χ0v) is 16.4. The molecule has 0 saturated carbocycles. The molecule has 1 aromatic rings. The third-order valence-corrected chi connectivity index (χ3v) is 6.97. The van der Waals surface area contributed by atoms with Gasteiger partial charge in [0, 0.05) is 16.0 Å². The highest BCUT2D eigenvalue weighted by molar-refractivity contribution is 8.06. The van der Waals surface area contributed by atoms with Crippen LogP contribution in [0.4, 0.5) is 5.13 Å². The number of carboxylic acid groups (broad SMARTS) is 1. The van der Waals surface area contributed by atoms with Crippen molar-refractivity contribution >= 4 is 63.5 Å². The molecule has 146 valence electrons. The van der Waals surface area contributed by atoms with Gasteiger partial charge in [-0.25, -0.2) is 9.78 Å². The standard InChI is InChI=1S/C15H13N5O5S3/c1-2-3-26-7-5-27-13-9(12(22)20(13)10(7)14(23)24)18-11(21)8(19-25)6-4-28-15(16)17-6/h1,4,9,13,25H,3,5H2,(H2,16,17)(H,18,21)(H,23,24)/b19-8-/t9-,13+/m1/s1. The number of thiazole rings is 1. The number of nitrogen functional groups attached to an aromatic ring is 1. The third-order valence-electron chi connectivity index (χ3n) is 3.83. The molecule has 0 aliphatic carbocycles. The Morgan fingerprint density at radius 1 is 1.57 bits per heavy atom. The molecule has 3 rings (SSSR count). The van der Waals surface area contributed by atoms with Gasteiger partial charge in [0.1, 0.15) is 22.8 Å². The first kappa shape index (κ1) is 20.1. The van der Waals surface area contributed by atoms with Crippen LogP contribution in [-0.2, 0) is 14.4 Å². The van der Waals surface area contributed by atoms with Crippen molar-refractivity contribution in [1.82, 2.24) is 15.2 Å². The van der Waals surface area contributed by atoms with Gasteiger partial charge in [-0.05, 0) is 0 Å². The van der Waals surface area contributed by atoms with Crippen molar-refractivity contribution in [2.24, 2.45) is 5.16 Å². The Bertz CT molecular complexity index is 950. The van der Waals surface area contributed by atoms with Crippen LogP contribution in [0.1, 0.15) is 5.69 Å². The van der Waals surface area contributed by atoms with E-state index in [0.717, 1.165) is 16.2 Å². The summed E-state index contributed by atoms with van der Waals surface area (Å²) in [4.78, 5) is 42.1. The Morgan fingerprint density at radius 3 is 2.89 bits per heavy atom. The lowest BCUT2D eigenvalue weighted by Gasteiger charge is -2.49. The fourth-order valence-electron chi connectivity index (χ4n) is 2.65. The molecule has 0 aromatic carbocycles. The number of terminal acetylenes is 1. The fourth-order valence-corrected chi connectivity index (χ4v) is 5.51. The van der Waals surface area contributed by atoms with Gasteiger partial charge in [0.05, 0.1) is 5.75 Å². The highest BCUT2D eigenvalue weighted by atomic mass is 32.2. The number of hydrogen-bond acceptors (Lipinski definition) is 10. The molecule has 13 heteroatoms. The van der Waals surface area contributed by atoms with Crippen LogP contribution in [0.5, 0.6) is 0 Å². The van der Waals surface area contributed by atoms with Gasteiger partial charge in [-0.2, -0.15) is 0 Å². The molecule has 0 spiro atoms. The molecule has 3 heterocycles. The number of anilines is 1. The number of nitrogens with two attached hydrogens (primary N) is 1. The summed E-state index contributed by atoms with van der Waals surface area (Å²) in [7, 11) is 0. The Balaban J connectivity index is 1.76. The summed E-state index contributed by atoms with van der Waals surface area (Å²) < 4.78 is 0. The molecule has 0 bridgehead atoms. The first-order valence-corrected chi connectivity index (χ1v) is 10.5. The Morgan fingerprint density at radius 2 is 2.32 bits per heavy atom. The maximum atomic E-state index is 12.5. The lowest BCUT2D eigenvalue weighted by atomic mass is 10.0. The first-order valence-electron chi connectivity index (χ1n) is 7.60. The highest BCUT2D eigenvalue weighted by Gasteiger charge is 2.54. The van der Waals surface area contributed by atoms with Gasteiger partial charge in [-0.3, -0.25) is 14.5 Å². The molecule has 2 aliphatic rings. The Hall–Kier alpha value is -2.69. The van der Waals surface area contributed by atoms with Crippen LogP contribution < -0.4 is 11.1 Å². The van der Waals surface area contributed by atoms with Gasteiger partial charge in [0.15, 0.2) is 10.8 Å². The average molecular weight is 440 g/mol. The summed E-state index contributed by atoms with van der Waals surface area (Å²) in [6, 6.07) is -0.959. The number of aromatic nitrogens is 1. The van der Waals surface area contributed by atoms with E-state index in [4.69, 9.17) is 17.4 Å². The number of hydrogen-bond donors (Lipinski definition) is 4. The van der Waals surface area contributed by atoms with Gasteiger partial charge in [0.25, 0.3) is 11.8 Å². The molecule has 1 aromatic heterocycles. The van der Waals surface area contributed by atoms with Crippen LogP contribution in [0, 0.1) is 12.3 Å². The highest BCUT2D eigenvalue weighted by Crippen LogP contribution is 2.43. The largest absolute Gasteiger partial charge is 0.477 e. The van der Waals surface area contributed by atoms with E-state index in [0.29, 0.717) is 10.7 Å². The summed E-state index contributed by atoms with van der Waals surface area (Å²) in [5.74, 6) is 0.417. The monoisotopic (exact) mass is 439 g/mol. The zero-order chi connectivity index (χ0) is 20.4. The summed E-state index contributed by atoms with van der Waals surface area (Å²) in [5.41, 5.74) is 5.07. The van der Waals surface area contributed by atoms with Gasteiger partial charge in [-0.1, -0.05) is 11.1 Å². The van der Waals surface area contributed by atoms with Crippen LogP contribution in [0.3, 0.4) is 0 Å². The third kappa shape index (κ3) is 3.53. The lowest BCUT2D eigenvalue weighted by Crippen LogP contribution is -2.71. The van der Waals surface area contributed by atoms with Crippen molar-refractivity contribution in [2.45, 2.75) is 11.4 Å². The van der Waals surface area contributed by atoms with E-state index in [1.807, 2.05) is 0 Å². The van der Waals surface area contributed by atoms with E-state index < -0.39 is 29.2 Å². The van der Waals surface area contributed by atoms with E-state index >= 15 is 0 Å². The summed E-state index contributed by atoms with van der Waals surface area (Å²) in [6.45, 7) is 0. The Kier molecular flexibility index (Phi) is 5.82. The minimum absolute atomic E-state index is 0.0708. The normalized spacial score (nSPS) is 21.6. The zero-order valence-electron chi connectivity index (χ0n) is 14.0. The average Bonchev–Trinajstić information content (AvgIpc) is 3.09. The molecule has 0 radical (unpaired) electrons. The van der Waals surface area contributed by atoms with Crippen molar-refractivity contribution in [3.05, 3.63) is 21.7 Å². The van der Waals surface area contributed by atoms with Crippen molar-refractivity contribution in [3.8, 4) is 12.3 Å². The van der Waals surface area contributed by atoms with E-state index in [9.17, 15) is 19.5 Å². The molecule has 2 amide bonds. The predicted molar refractivity (Wildman–Crippen MR) is 106 cm³/mol. The molecule has 1 fully saturated rings. The maximum Gasteiger partial charge on any atom is 0.353 e. The second-order valence-corrected chi connectivity index (χ2v) is 8.52.